The highest BCUT2D eigenvalue weighted by Crippen LogP contribution is 2.32. The van der Waals surface area contributed by atoms with E-state index in [9.17, 15) is 9.18 Å². The first-order valence-corrected chi connectivity index (χ1v) is 14.3. The molecule has 7 heteroatoms. The van der Waals surface area contributed by atoms with Crippen molar-refractivity contribution in [3.05, 3.63) is 113 Å². The van der Waals surface area contributed by atoms with Crippen LogP contribution in [0, 0.1) is 11.2 Å². The minimum atomic E-state index is -0.572. The second-order valence-electron chi connectivity index (χ2n) is 11.0. The molecular formula is C32H35FN4OS. The largest absolute Gasteiger partial charge is 0.346 e. The van der Waals surface area contributed by atoms with Crippen LogP contribution < -0.4 is 9.80 Å². The Hall–Kier alpha value is -3.55. The summed E-state index contributed by atoms with van der Waals surface area (Å²) in [6.45, 7) is 9.66. The predicted molar refractivity (Wildman–Crippen MR) is 158 cm³/mol. The molecule has 1 fully saturated rings. The molecule has 0 spiro atoms. The lowest BCUT2D eigenvalue weighted by Gasteiger charge is -2.39. The fourth-order valence-corrected chi connectivity index (χ4v) is 5.91. The van der Waals surface area contributed by atoms with Gasteiger partial charge in [-0.2, -0.15) is 0 Å². The lowest BCUT2D eigenvalue weighted by atomic mass is 9.94. The maximum absolute atomic E-state index is 13.6. The smallest absolute Gasteiger partial charge is 0.232 e. The number of benzene rings is 3. The number of piperazine rings is 1. The molecule has 0 unspecified atom stereocenters. The van der Waals surface area contributed by atoms with Gasteiger partial charge in [-0.3, -0.25) is 9.69 Å². The lowest BCUT2D eigenvalue weighted by Crippen LogP contribution is -2.48. The summed E-state index contributed by atoms with van der Waals surface area (Å²) in [7, 11) is 0. The first-order valence-electron chi connectivity index (χ1n) is 13.4. The average molecular weight is 543 g/mol. The number of carbonyl (C=O) groups is 1. The van der Waals surface area contributed by atoms with Gasteiger partial charge in [0.1, 0.15) is 5.82 Å². The summed E-state index contributed by atoms with van der Waals surface area (Å²) in [5, 5.41) is 3.01. The van der Waals surface area contributed by atoms with Crippen LogP contribution in [0.1, 0.15) is 43.6 Å². The number of thiazole rings is 1. The van der Waals surface area contributed by atoms with Crippen LogP contribution >= 0.6 is 11.3 Å². The minimum Gasteiger partial charge on any atom is -0.346 e. The number of aromatic nitrogens is 1. The van der Waals surface area contributed by atoms with Crippen molar-refractivity contribution in [1.82, 2.24) is 9.88 Å². The van der Waals surface area contributed by atoms with Crippen molar-refractivity contribution in [3.8, 4) is 0 Å². The van der Waals surface area contributed by atoms with Crippen molar-refractivity contribution in [2.75, 3.05) is 36.0 Å². The highest BCUT2D eigenvalue weighted by atomic mass is 32.1. The van der Waals surface area contributed by atoms with Gasteiger partial charge < -0.3 is 9.80 Å². The molecule has 0 aliphatic carbocycles. The highest BCUT2D eigenvalue weighted by Gasteiger charge is 2.30. The number of anilines is 2. The molecule has 1 aromatic heterocycles. The van der Waals surface area contributed by atoms with E-state index in [1.807, 2.05) is 26.2 Å². The van der Waals surface area contributed by atoms with Crippen molar-refractivity contribution in [3.63, 3.8) is 0 Å². The minimum absolute atomic E-state index is 0.0230. The molecule has 0 N–H and O–H groups in total. The molecule has 39 heavy (non-hydrogen) atoms. The Labute approximate surface area is 234 Å². The van der Waals surface area contributed by atoms with E-state index in [1.54, 1.807) is 28.4 Å². The number of halogens is 1. The van der Waals surface area contributed by atoms with E-state index in [0.717, 1.165) is 37.0 Å². The van der Waals surface area contributed by atoms with Crippen LogP contribution in [0.2, 0.25) is 0 Å². The fraction of sp³-hybridized carbons (Fsp3) is 0.312. The topological polar surface area (TPSA) is 39.7 Å². The third-order valence-corrected chi connectivity index (χ3v) is 8.02. The predicted octanol–water partition coefficient (Wildman–Crippen LogP) is 6.77. The second-order valence-corrected chi connectivity index (χ2v) is 11.8. The van der Waals surface area contributed by atoms with Crippen molar-refractivity contribution in [1.29, 1.82) is 0 Å². The number of amides is 1. The summed E-state index contributed by atoms with van der Waals surface area (Å²) >= 11 is 1.62. The van der Waals surface area contributed by atoms with Gasteiger partial charge in [0.2, 0.25) is 5.91 Å². The molecule has 0 bridgehead atoms. The van der Waals surface area contributed by atoms with Gasteiger partial charge in [0.05, 0.1) is 18.3 Å². The van der Waals surface area contributed by atoms with E-state index in [1.165, 1.54) is 23.3 Å². The first-order chi connectivity index (χ1) is 18.8. The monoisotopic (exact) mass is 542 g/mol. The average Bonchev–Trinajstić information content (AvgIpc) is 3.42. The number of hydrogen-bond acceptors (Lipinski definition) is 5. The molecule has 1 amide bonds. The summed E-state index contributed by atoms with van der Waals surface area (Å²) in [5.74, 6) is -0.344. The Morgan fingerprint density at radius 1 is 0.897 bits per heavy atom. The normalized spacial score (nSPS) is 14.5. The third kappa shape index (κ3) is 6.37. The van der Waals surface area contributed by atoms with E-state index in [4.69, 9.17) is 4.98 Å². The van der Waals surface area contributed by atoms with Gasteiger partial charge in [0.15, 0.2) is 5.13 Å². The zero-order valence-corrected chi connectivity index (χ0v) is 23.6. The maximum Gasteiger partial charge on any atom is 0.232 e. The Morgan fingerprint density at radius 2 is 1.46 bits per heavy atom. The summed E-state index contributed by atoms with van der Waals surface area (Å²) in [6.07, 6.45) is 0. The van der Waals surface area contributed by atoms with Crippen LogP contribution in [-0.2, 0) is 11.3 Å². The highest BCUT2D eigenvalue weighted by molar-refractivity contribution is 7.13. The van der Waals surface area contributed by atoms with Crippen molar-refractivity contribution in [2.24, 2.45) is 5.41 Å². The van der Waals surface area contributed by atoms with Crippen molar-refractivity contribution < 1.29 is 9.18 Å². The fourth-order valence-electron chi connectivity index (χ4n) is 5.04. The lowest BCUT2D eigenvalue weighted by molar-refractivity contribution is -0.125. The van der Waals surface area contributed by atoms with Crippen LogP contribution in [0.4, 0.5) is 15.2 Å². The zero-order valence-electron chi connectivity index (χ0n) is 22.8. The van der Waals surface area contributed by atoms with Gasteiger partial charge in [0, 0.05) is 42.7 Å². The molecule has 5 nitrogen and oxygen atoms in total. The van der Waals surface area contributed by atoms with E-state index < -0.39 is 5.41 Å². The quantitative estimate of drug-likeness (QED) is 0.258. The zero-order chi connectivity index (χ0) is 27.4. The Bertz CT molecular complexity index is 1320. The van der Waals surface area contributed by atoms with E-state index in [2.05, 4.69) is 70.5 Å². The first kappa shape index (κ1) is 27.0. The molecule has 1 aliphatic rings. The van der Waals surface area contributed by atoms with Gasteiger partial charge in [0.25, 0.3) is 0 Å². The Morgan fingerprint density at radius 3 is 2.00 bits per heavy atom. The van der Waals surface area contributed by atoms with Crippen LogP contribution in [0.5, 0.6) is 0 Å². The van der Waals surface area contributed by atoms with Crippen molar-refractivity contribution >= 4 is 28.1 Å². The van der Waals surface area contributed by atoms with Crippen LogP contribution in [-0.4, -0.2) is 42.0 Å². The molecule has 2 heterocycles. The molecule has 5 rings (SSSR count). The number of hydrogen-bond donors (Lipinski definition) is 0. The van der Waals surface area contributed by atoms with Gasteiger partial charge in [-0.15, -0.1) is 11.3 Å². The van der Waals surface area contributed by atoms with Gasteiger partial charge in [-0.05, 0) is 35.4 Å². The molecule has 0 atom stereocenters. The molecule has 4 aromatic rings. The van der Waals surface area contributed by atoms with Crippen LogP contribution in [0.25, 0.3) is 0 Å². The van der Waals surface area contributed by atoms with E-state index in [-0.39, 0.29) is 17.8 Å². The molecular weight excluding hydrogens is 507 g/mol. The summed E-state index contributed by atoms with van der Waals surface area (Å²) in [5.41, 5.74) is 3.55. The second kappa shape index (κ2) is 11.7. The molecule has 202 valence electrons. The molecule has 1 aliphatic heterocycles. The Balaban J connectivity index is 1.29. The maximum atomic E-state index is 13.6. The van der Waals surface area contributed by atoms with E-state index in [0.29, 0.717) is 12.2 Å². The third-order valence-electron chi connectivity index (χ3n) is 7.07. The molecule has 0 radical (unpaired) electrons. The summed E-state index contributed by atoms with van der Waals surface area (Å²) < 4.78 is 13.6. The van der Waals surface area contributed by atoms with E-state index >= 15 is 0 Å². The Kier molecular flexibility index (Phi) is 8.10. The SMILES string of the molecule is CC(C)(C)C(=O)N(Cc1csc(N2CCN(C(c3ccccc3)c3ccccc3)CC2)n1)c1ccc(F)cc1. The molecule has 0 saturated carbocycles. The van der Waals surface area contributed by atoms with Gasteiger partial charge in [-0.25, -0.2) is 9.37 Å². The number of carbonyl (C=O) groups excluding carboxylic acids is 1. The number of nitrogens with zero attached hydrogens (tertiary/aromatic N) is 4. The summed E-state index contributed by atoms with van der Waals surface area (Å²) in [4.78, 5) is 24.8. The molecule has 1 saturated heterocycles. The van der Waals surface area contributed by atoms with Crippen molar-refractivity contribution in [2.45, 2.75) is 33.4 Å². The standard InChI is InChI=1S/C32H35FN4OS/c1-32(2,3)30(38)37(28-16-14-26(33)15-17-28)22-27-23-39-31(34-27)36-20-18-35(19-21-36)29(24-10-6-4-7-11-24)25-12-8-5-9-13-25/h4-17,23,29H,18-22H2,1-3H3. The van der Waals surface area contributed by atoms with Gasteiger partial charge in [-0.1, -0.05) is 81.4 Å². The summed E-state index contributed by atoms with van der Waals surface area (Å²) in [6, 6.07) is 27.7. The van der Waals surface area contributed by atoms with Gasteiger partial charge >= 0.3 is 0 Å². The number of rotatable bonds is 7. The van der Waals surface area contributed by atoms with Crippen LogP contribution in [0.3, 0.4) is 0 Å². The molecule has 3 aromatic carbocycles. The van der Waals surface area contributed by atoms with Crippen LogP contribution in [0.15, 0.2) is 90.3 Å².